The lowest BCUT2D eigenvalue weighted by atomic mass is 10.0. The standard InChI is InChI=1S/C20H34N4O3S2/c1-15(2)18(23-12-10-22(4)11-13-23)14-21-20(25)17-6-5-9-24(17)29(26,27)19-8-7-16(3)28-19/h7-8,15,17-18H,5-6,9-14H2,1-4H3,(H,21,25). The molecule has 2 fully saturated rings. The van der Waals surface area contributed by atoms with Gasteiger partial charge in [0.1, 0.15) is 10.3 Å². The lowest BCUT2D eigenvalue weighted by Gasteiger charge is -2.40. The Kier molecular flexibility index (Phi) is 7.37. The van der Waals surface area contributed by atoms with Gasteiger partial charge in [0.15, 0.2) is 0 Å². The molecule has 1 aromatic heterocycles. The van der Waals surface area contributed by atoms with Crippen LogP contribution in [0.25, 0.3) is 0 Å². The van der Waals surface area contributed by atoms with E-state index in [-0.39, 0.29) is 11.9 Å². The number of carbonyl (C=O) groups is 1. The third-order valence-corrected chi connectivity index (χ3v) is 9.42. The average Bonchev–Trinajstić information content (AvgIpc) is 3.32. The lowest BCUT2D eigenvalue weighted by molar-refractivity contribution is -0.124. The molecule has 0 aromatic carbocycles. The van der Waals surface area contributed by atoms with E-state index in [1.165, 1.54) is 15.6 Å². The second-order valence-electron chi connectivity index (χ2n) is 8.53. The van der Waals surface area contributed by atoms with Gasteiger partial charge < -0.3 is 10.2 Å². The molecule has 0 saturated carbocycles. The highest BCUT2D eigenvalue weighted by Crippen LogP contribution is 2.30. The van der Waals surface area contributed by atoms with Crippen molar-refractivity contribution in [3.05, 3.63) is 17.0 Å². The Hall–Kier alpha value is -1.00. The van der Waals surface area contributed by atoms with E-state index in [0.29, 0.717) is 36.1 Å². The summed E-state index contributed by atoms with van der Waals surface area (Å²) in [5.74, 6) is 0.246. The zero-order valence-electron chi connectivity index (χ0n) is 17.9. The number of sulfonamides is 1. The number of likely N-dealkylation sites (N-methyl/N-ethyl adjacent to an activating group) is 1. The second kappa shape index (κ2) is 9.43. The van der Waals surface area contributed by atoms with Gasteiger partial charge in [-0.05, 0) is 44.9 Å². The number of nitrogens with zero attached hydrogens (tertiary/aromatic N) is 3. The van der Waals surface area contributed by atoms with Crippen LogP contribution in [-0.4, -0.2) is 86.8 Å². The molecule has 29 heavy (non-hydrogen) atoms. The molecule has 1 aromatic rings. The molecule has 1 N–H and O–H groups in total. The maximum atomic E-state index is 13.0. The normalized spacial score (nSPS) is 23.6. The van der Waals surface area contributed by atoms with Crippen LogP contribution in [0.2, 0.25) is 0 Å². The lowest BCUT2D eigenvalue weighted by Crippen LogP contribution is -2.55. The molecule has 1 amide bonds. The summed E-state index contributed by atoms with van der Waals surface area (Å²) >= 11 is 1.26. The predicted octanol–water partition coefficient (Wildman–Crippen LogP) is 1.60. The Bertz CT molecular complexity index is 800. The van der Waals surface area contributed by atoms with Crippen LogP contribution in [0.15, 0.2) is 16.3 Å². The Balaban J connectivity index is 1.64. The number of hydrogen-bond acceptors (Lipinski definition) is 6. The molecule has 2 atom stereocenters. The summed E-state index contributed by atoms with van der Waals surface area (Å²) in [6.45, 7) is 11.3. The van der Waals surface area contributed by atoms with Crippen molar-refractivity contribution in [3.8, 4) is 0 Å². The van der Waals surface area contributed by atoms with E-state index in [1.807, 2.05) is 13.0 Å². The number of hydrogen-bond donors (Lipinski definition) is 1. The van der Waals surface area contributed by atoms with Crippen molar-refractivity contribution in [2.45, 2.75) is 49.9 Å². The summed E-state index contributed by atoms with van der Waals surface area (Å²) < 4.78 is 27.8. The summed E-state index contributed by atoms with van der Waals surface area (Å²) in [5, 5.41) is 3.08. The van der Waals surface area contributed by atoms with Crippen LogP contribution in [0.4, 0.5) is 0 Å². The largest absolute Gasteiger partial charge is 0.353 e. The summed E-state index contributed by atoms with van der Waals surface area (Å²) in [6.07, 6.45) is 1.30. The highest BCUT2D eigenvalue weighted by Gasteiger charge is 2.40. The van der Waals surface area contributed by atoms with E-state index in [9.17, 15) is 13.2 Å². The van der Waals surface area contributed by atoms with Gasteiger partial charge in [0, 0.05) is 50.2 Å². The van der Waals surface area contributed by atoms with Gasteiger partial charge in [-0.2, -0.15) is 4.31 Å². The van der Waals surface area contributed by atoms with Crippen molar-refractivity contribution < 1.29 is 13.2 Å². The van der Waals surface area contributed by atoms with E-state index >= 15 is 0 Å². The minimum atomic E-state index is -3.62. The molecule has 7 nitrogen and oxygen atoms in total. The Morgan fingerprint density at radius 1 is 1.21 bits per heavy atom. The van der Waals surface area contributed by atoms with E-state index in [2.05, 4.69) is 36.0 Å². The summed E-state index contributed by atoms with van der Waals surface area (Å²) in [5.41, 5.74) is 0. The van der Waals surface area contributed by atoms with Crippen LogP contribution in [0.1, 0.15) is 31.6 Å². The Morgan fingerprint density at radius 2 is 1.90 bits per heavy atom. The van der Waals surface area contributed by atoms with Gasteiger partial charge in [-0.1, -0.05) is 13.8 Å². The van der Waals surface area contributed by atoms with Crippen molar-refractivity contribution in [1.82, 2.24) is 19.4 Å². The van der Waals surface area contributed by atoms with Crippen molar-refractivity contribution >= 4 is 27.3 Å². The molecular formula is C20H34N4O3S2. The molecule has 2 aliphatic rings. The molecule has 2 aliphatic heterocycles. The Labute approximate surface area is 179 Å². The monoisotopic (exact) mass is 442 g/mol. The fraction of sp³-hybridized carbons (Fsp3) is 0.750. The Morgan fingerprint density at radius 3 is 2.48 bits per heavy atom. The molecule has 3 rings (SSSR count). The van der Waals surface area contributed by atoms with Gasteiger partial charge in [-0.25, -0.2) is 8.42 Å². The smallest absolute Gasteiger partial charge is 0.253 e. The molecular weight excluding hydrogens is 408 g/mol. The number of thiophene rings is 1. The molecule has 3 heterocycles. The first-order valence-electron chi connectivity index (χ1n) is 10.5. The zero-order chi connectivity index (χ0) is 21.2. The van der Waals surface area contributed by atoms with Crippen LogP contribution < -0.4 is 5.32 Å². The third-order valence-electron chi connectivity index (χ3n) is 6.05. The first-order chi connectivity index (χ1) is 13.7. The number of nitrogens with one attached hydrogen (secondary N) is 1. The first kappa shape index (κ1) is 22.7. The van der Waals surface area contributed by atoms with E-state index in [1.54, 1.807) is 6.07 Å². The van der Waals surface area contributed by atoms with E-state index in [0.717, 1.165) is 31.1 Å². The number of amides is 1. The van der Waals surface area contributed by atoms with Gasteiger partial charge in [0.05, 0.1) is 0 Å². The number of aryl methyl sites for hydroxylation is 1. The predicted molar refractivity (Wildman–Crippen MR) is 117 cm³/mol. The van der Waals surface area contributed by atoms with Crippen LogP contribution >= 0.6 is 11.3 Å². The minimum absolute atomic E-state index is 0.167. The molecule has 0 spiro atoms. The topological polar surface area (TPSA) is 73.0 Å². The van der Waals surface area contributed by atoms with Crippen molar-refractivity contribution in [2.75, 3.05) is 46.3 Å². The second-order valence-corrected chi connectivity index (χ2v) is 11.9. The van der Waals surface area contributed by atoms with Gasteiger partial charge in [0.2, 0.25) is 5.91 Å². The number of carbonyl (C=O) groups excluding carboxylic acids is 1. The zero-order valence-corrected chi connectivity index (χ0v) is 19.6. The maximum Gasteiger partial charge on any atom is 0.253 e. The fourth-order valence-electron chi connectivity index (χ4n) is 4.22. The van der Waals surface area contributed by atoms with Crippen molar-refractivity contribution in [1.29, 1.82) is 0 Å². The van der Waals surface area contributed by atoms with Crippen molar-refractivity contribution in [3.63, 3.8) is 0 Å². The summed E-state index contributed by atoms with van der Waals surface area (Å²) in [6, 6.07) is 3.11. The van der Waals surface area contributed by atoms with Gasteiger partial charge >= 0.3 is 0 Å². The van der Waals surface area contributed by atoms with Crippen LogP contribution in [0.5, 0.6) is 0 Å². The number of rotatable bonds is 7. The average molecular weight is 443 g/mol. The summed E-state index contributed by atoms with van der Waals surface area (Å²) in [4.78, 5) is 18.7. The van der Waals surface area contributed by atoms with E-state index in [4.69, 9.17) is 0 Å². The quantitative estimate of drug-likeness (QED) is 0.694. The molecule has 2 unspecified atom stereocenters. The van der Waals surface area contributed by atoms with Crippen LogP contribution in [0, 0.1) is 12.8 Å². The molecule has 0 aliphatic carbocycles. The molecule has 0 radical (unpaired) electrons. The number of piperazine rings is 1. The maximum absolute atomic E-state index is 13.0. The van der Waals surface area contributed by atoms with Gasteiger partial charge in [-0.3, -0.25) is 9.69 Å². The van der Waals surface area contributed by atoms with Crippen molar-refractivity contribution in [2.24, 2.45) is 5.92 Å². The van der Waals surface area contributed by atoms with Crippen LogP contribution in [-0.2, 0) is 14.8 Å². The minimum Gasteiger partial charge on any atom is -0.353 e. The van der Waals surface area contributed by atoms with Crippen LogP contribution in [0.3, 0.4) is 0 Å². The molecule has 9 heteroatoms. The molecule has 164 valence electrons. The highest BCUT2D eigenvalue weighted by molar-refractivity contribution is 7.91. The first-order valence-corrected chi connectivity index (χ1v) is 12.7. The fourth-order valence-corrected chi connectivity index (χ4v) is 7.29. The summed E-state index contributed by atoms with van der Waals surface area (Å²) in [7, 11) is -1.49. The van der Waals surface area contributed by atoms with E-state index < -0.39 is 16.1 Å². The molecule has 2 saturated heterocycles. The van der Waals surface area contributed by atoms with Gasteiger partial charge in [-0.15, -0.1) is 11.3 Å². The molecule has 0 bridgehead atoms. The highest BCUT2D eigenvalue weighted by atomic mass is 32.2. The van der Waals surface area contributed by atoms with Gasteiger partial charge in [0.25, 0.3) is 10.0 Å². The third kappa shape index (κ3) is 5.19. The SMILES string of the molecule is Cc1ccc(S(=O)(=O)N2CCCC2C(=O)NCC(C(C)C)N2CCN(C)CC2)s1.